The van der Waals surface area contributed by atoms with Gasteiger partial charge >= 0.3 is 0 Å². The lowest BCUT2D eigenvalue weighted by Crippen LogP contribution is -2.31. The van der Waals surface area contributed by atoms with E-state index in [1.165, 1.54) is 0 Å². The van der Waals surface area contributed by atoms with E-state index in [0.717, 1.165) is 5.56 Å². The van der Waals surface area contributed by atoms with Crippen molar-refractivity contribution in [3.8, 4) is 0 Å². The largest absolute Gasteiger partial charge is 0.345 e. The molecule has 0 aliphatic carbocycles. The topological polar surface area (TPSA) is 36.9 Å². The molecule has 0 saturated carbocycles. The van der Waals surface area contributed by atoms with Gasteiger partial charge in [0.2, 0.25) is 0 Å². The molecule has 0 radical (unpaired) electrons. The second-order valence-electron chi connectivity index (χ2n) is 5.57. The van der Waals surface area contributed by atoms with E-state index in [1.54, 1.807) is 0 Å². The third-order valence-corrected chi connectivity index (χ3v) is 3.50. The van der Waals surface area contributed by atoms with Crippen molar-refractivity contribution >= 4 is 0 Å². The van der Waals surface area contributed by atoms with Gasteiger partial charge < -0.3 is 18.9 Å². The minimum absolute atomic E-state index is 0.00690. The lowest BCUT2D eigenvalue weighted by molar-refractivity contribution is -0.234. The van der Waals surface area contributed by atoms with Crippen LogP contribution < -0.4 is 0 Å². The molecule has 1 aromatic rings. The smallest absolute Gasteiger partial charge is 0.187 e. The maximum Gasteiger partial charge on any atom is 0.187 e. The molecule has 4 nitrogen and oxygen atoms in total. The Hall–Kier alpha value is -0.940. The first kappa shape index (κ1) is 13.1. The third-order valence-electron chi connectivity index (χ3n) is 3.50. The van der Waals surface area contributed by atoms with Gasteiger partial charge in [-0.25, -0.2) is 0 Å². The molecule has 0 aromatic heterocycles. The summed E-state index contributed by atoms with van der Waals surface area (Å²) in [5.74, 6) is -0.554. The van der Waals surface area contributed by atoms with E-state index < -0.39 is 5.79 Å². The van der Waals surface area contributed by atoms with E-state index in [4.69, 9.17) is 18.9 Å². The molecule has 2 saturated heterocycles. The molecule has 2 aliphatic heterocycles. The van der Waals surface area contributed by atoms with Gasteiger partial charge in [0.05, 0.1) is 12.7 Å². The molecule has 4 heteroatoms. The van der Waals surface area contributed by atoms with Gasteiger partial charge in [0.1, 0.15) is 12.2 Å². The molecule has 0 spiro atoms. The van der Waals surface area contributed by atoms with Crippen LogP contribution in [0, 0.1) is 0 Å². The predicted octanol–water partition coefficient (Wildman–Crippen LogP) is 2.47. The first-order chi connectivity index (χ1) is 9.05. The molecule has 2 fully saturated rings. The highest BCUT2D eigenvalue weighted by Crippen LogP contribution is 2.39. The Morgan fingerprint density at radius 2 is 1.79 bits per heavy atom. The first-order valence-corrected chi connectivity index (χ1v) is 6.72. The van der Waals surface area contributed by atoms with Crippen molar-refractivity contribution in [2.24, 2.45) is 0 Å². The molecule has 2 aliphatic rings. The zero-order chi connectivity index (χ0) is 13.5. The summed E-state index contributed by atoms with van der Waals surface area (Å²) in [7, 11) is 0. The van der Waals surface area contributed by atoms with E-state index in [2.05, 4.69) is 0 Å². The Morgan fingerprint density at radius 3 is 2.53 bits per heavy atom. The first-order valence-electron chi connectivity index (χ1n) is 6.72. The third kappa shape index (κ3) is 2.67. The average molecular weight is 264 g/mol. The van der Waals surface area contributed by atoms with Gasteiger partial charge in [-0.2, -0.15) is 0 Å². The number of ether oxygens (including phenoxy) is 4. The molecule has 0 unspecified atom stereocenters. The molecule has 2 heterocycles. The fourth-order valence-electron chi connectivity index (χ4n) is 2.64. The highest BCUT2D eigenvalue weighted by molar-refractivity contribution is 5.13. The maximum absolute atomic E-state index is 5.87. The van der Waals surface area contributed by atoms with E-state index in [-0.39, 0.29) is 24.6 Å². The molecular weight excluding hydrogens is 244 g/mol. The number of hydrogen-bond acceptors (Lipinski definition) is 4. The Balaban J connectivity index is 1.63. The van der Waals surface area contributed by atoms with Crippen LogP contribution in [0.3, 0.4) is 0 Å². The van der Waals surface area contributed by atoms with Crippen LogP contribution in [0.25, 0.3) is 0 Å². The van der Waals surface area contributed by atoms with Crippen LogP contribution in [-0.2, 0) is 25.6 Å². The Bertz CT molecular complexity index is 431. The molecule has 1 aromatic carbocycles. The monoisotopic (exact) mass is 264 g/mol. The van der Waals surface area contributed by atoms with Gasteiger partial charge in [0.25, 0.3) is 0 Å². The highest BCUT2D eigenvalue weighted by atomic mass is 16.8. The minimum Gasteiger partial charge on any atom is -0.345 e. The van der Waals surface area contributed by atoms with E-state index in [1.807, 2.05) is 51.1 Å². The summed E-state index contributed by atoms with van der Waals surface area (Å²) in [5.41, 5.74) is 1.13. The van der Waals surface area contributed by atoms with Gasteiger partial charge in [-0.15, -0.1) is 0 Å². The lowest BCUT2D eigenvalue weighted by atomic mass is 10.1. The van der Waals surface area contributed by atoms with Crippen molar-refractivity contribution in [2.75, 3.05) is 0 Å². The van der Waals surface area contributed by atoms with Crippen molar-refractivity contribution in [3.05, 3.63) is 35.9 Å². The summed E-state index contributed by atoms with van der Waals surface area (Å²) in [6.45, 7) is 6.36. The molecule has 104 valence electrons. The Kier molecular flexibility index (Phi) is 3.35. The SMILES string of the molecule is C[C@H]1O[C@H](OCc2ccccc2)[C@H]2OC(C)(C)O[C@H]21. The summed E-state index contributed by atoms with van der Waals surface area (Å²) >= 11 is 0. The lowest BCUT2D eigenvalue weighted by Gasteiger charge is -2.23. The standard InChI is InChI=1S/C15H20O4/c1-10-12-13(19-15(2,3)18-12)14(17-10)16-9-11-7-5-4-6-8-11/h4-8,10,12-14H,9H2,1-3H3/t10-,12+,13+,14+/m1/s1. The molecule has 4 atom stereocenters. The molecule has 0 N–H and O–H groups in total. The highest BCUT2D eigenvalue weighted by Gasteiger charge is 2.54. The minimum atomic E-state index is -0.554. The van der Waals surface area contributed by atoms with Crippen LogP contribution in [0.5, 0.6) is 0 Å². The fourth-order valence-corrected chi connectivity index (χ4v) is 2.64. The summed E-state index contributed by atoms with van der Waals surface area (Å²) in [6, 6.07) is 10.1. The number of fused-ring (bicyclic) bond motifs is 1. The zero-order valence-corrected chi connectivity index (χ0v) is 11.5. The maximum atomic E-state index is 5.87. The Morgan fingerprint density at radius 1 is 1.11 bits per heavy atom. The van der Waals surface area contributed by atoms with Crippen LogP contribution in [0.15, 0.2) is 30.3 Å². The molecule has 19 heavy (non-hydrogen) atoms. The van der Waals surface area contributed by atoms with Crippen LogP contribution in [0.4, 0.5) is 0 Å². The van der Waals surface area contributed by atoms with Gasteiger partial charge in [-0.1, -0.05) is 30.3 Å². The molecule has 0 amide bonds. The van der Waals surface area contributed by atoms with Gasteiger partial charge in [-0.3, -0.25) is 0 Å². The number of rotatable bonds is 3. The Labute approximate surface area is 113 Å². The zero-order valence-electron chi connectivity index (χ0n) is 11.5. The van der Waals surface area contributed by atoms with Crippen molar-refractivity contribution < 1.29 is 18.9 Å². The van der Waals surface area contributed by atoms with Gasteiger partial charge in [-0.05, 0) is 26.3 Å². The van der Waals surface area contributed by atoms with Crippen molar-refractivity contribution in [2.45, 2.75) is 57.8 Å². The van der Waals surface area contributed by atoms with Crippen LogP contribution in [0.2, 0.25) is 0 Å². The van der Waals surface area contributed by atoms with Gasteiger partial charge in [0.15, 0.2) is 12.1 Å². The summed E-state index contributed by atoms with van der Waals surface area (Å²) in [4.78, 5) is 0. The summed E-state index contributed by atoms with van der Waals surface area (Å²) < 4.78 is 23.3. The van der Waals surface area contributed by atoms with Crippen LogP contribution in [-0.4, -0.2) is 30.4 Å². The van der Waals surface area contributed by atoms with E-state index in [9.17, 15) is 0 Å². The normalized spacial score (nSPS) is 36.4. The van der Waals surface area contributed by atoms with Crippen molar-refractivity contribution in [1.82, 2.24) is 0 Å². The van der Waals surface area contributed by atoms with E-state index in [0.29, 0.717) is 6.61 Å². The second kappa shape index (κ2) is 4.87. The quantitative estimate of drug-likeness (QED) is 0.840. The molecular formula is C15H20O4. The predicted molar refractivity (Wildman–Crippen MR) is 69.4 cm³/mol. The molecule has 0 bridgehead atoms. The average Bonchev–Trinajstić information content (AvgIpc) is 2.84. The summed E-state index contributed by atoms with van der Waals surface area (Å²) in [5, 5.41) is 0. The van der Waals surface area contributed by atoms with Crippen LogP contribution >= 0.6 is 0 Å². The number of benzene rings is 1. The van der Waals surface area contributed by atoms with Gasteiger partial charge in [0, 0.05) is 0 Å². The number of hydrogen-bond donors (Lipinski definition) is 0. The van der Waals surface area contributed by atoms with Crippen molar-refractivity contribution in [3.63, 3.8) is 0 Å². The van der Waals surface area contributed by atoms with Crippen molar-refractivity contribution in [1.29, 1.82) is 0 Å². The van der Waals surface area contributed by atoms with E-state index >= 15 is 0 Å². The fraction of sp³-hybridized carbons (Fsp3) is 0.600. The molecule has 3 rings (SSSR count). The van der Waals surface area contributed by atoms with Crippen LogP contribution in [0.1, 0.15) is 26.3 Å². The summed E-state index contributed by atoms with van der Waals surface area (Å²) in [6.07, 6.45) is -0.556. The second-order valence-corrected chi connectivity index (χ2v) is 5.57.